The van der Waals surface area contributed by atoms with Crippen LogP contribution in [0.1, 0.15) is 11.1 Å². The average molecular weight is 320 g/mol. The van der Waals surface area contributed by atoms with Crippen molar-refractivity contribution in [1.82, 2.24) is 9.44 Å². The number of methoxy groups -OCH3 is 1. The fourth-order valence-electron chi connectivity index (χ4n) is 1.41. The lowest BCUT2D eigenvalue weighted by Crippen LogP contribution is -2.37. The molecule has 0 atom stereocenters. The minimum atomic E-state index is -3.73. The summed E-state index contributed by atoms with van der Waals surface area (Å²) in [6, 6.07) is 3.82. The van der Waals surface area contributed by atoms with Crippen LogP contribution < -0.4 is 15.2 Å². The van der Waals surface area contributed by atoms with Crippen LogP contribution in [-0.4, -0.2) is 39.7 Å². The maximum absolute atomic E-state index is 13.8. The molecule has 8 nitrogen and oxygen atoms in total. The Morgan fingerprint density at radius 2 is 2.19 bits per heavy atom. The SMILES string of the molecule is COCCNS(=O)(=O)NCc1ccc(/C(N)=N/O)cc1F. The van der Waals surface area contributed by atoms with Gasteiger partial charge in [0.05, 0.1) is 6.61 Å². The van der Waals surface area contributed by atoms with Gasteiger partial charge in [0.15, 0.2) is 5.84 Å². The number of ether oxygens (including phenoxy) is 1. The van der Waals surface area contributed by atoms with Gasteiger partial charge in [-0.3, -0.25) is 0 Å². The zero-order chi connectivity index (χ0) is 15.9. The van der Waals surface area contributed by atoms with Gasteiger partial charge in [0, 0.05) is 31.3 Å². The Bertz CT molecular complexity index is 606. The number of hydrogen-bond acceptors (Lipinski definition) is 5. The van der Waals surface area contributed by atoms with Crippen molar-refractivity contribution in [2.75, 3.05) is 20.3 Å². The highest BCUT2D eigenvalue weighted by atomic mass is 32.2. The number of rotatable bonds is 8. The first-order valence-electron chi connectivity index (χ1n) is 5.89. The summed E-state index contributed by atoms with van der Waals surface area (Å²) in [5.74, 6) is -0.902. The quantitative estimate of drug-likeness (QED) is 0.169. The lowest BCUT2D eigenvalue weighted by molar-refractivity contribution is 0.204. The number of oxime groups is 1. The first-order valence-corrected chi connectivity index (χ1v) is 7.37. The van der Waals surface area contributed by atoms with E-state index >= 15 is 0 Å². The molecule has 0 heterocycles. The molecule has 0 spiro atoms. The van der Waals surface area contributed by atoms with Gasteiger partial charge in [0.2, 0.25) is 0 Å². The van der Waals surface area contributed by atoms with Crippen molar-refractivity contribution in [2.24, 2.45) is 10.9 Å². The Hall–Kier alpha value is -1.75. The molecule has 10 heteroatoms. The predicted octanol–water partition coefficient (Wildman–Crippen LogP) is -0.509. The third-order valence-corrected chi connectivity index (χ3v) is 3.62. The molecule has 1 aromatic carbocycles. The van der Waals surface area contributed by atoms with E-state index in [4.69, 9.17) is 15.7 Å². The molecule has 0 saturated carbocycles. The van der Waals surface area contributed by atoms with Crippen LogP contribution in [-0.2, 0) is 21.5 Å². The molecular formula is C11H17FN4O4S. The molecule has 0 saturated heterocycles. The molecule has 1 rings (SSSR count). The highest BCUT2D eigenvalue weighted by molar-refractivity contribution is 7.87. The van der Waals surface area contributed by atoms with Crippen LogP contribution >= 0.6 is 0 Å². The number of halogens is 1. The summed E-state index contributed by atoms with van der Waals surface area (Å²) in [6.45, 7) is 0.102. The van der Waals surface area contributed by atoms with Gasteiger partial charge in [0.1, 0.15) is 5.82 Å². The second kappa shape index (κ2) is 7.88. The van der Waals surface area contributed by atoms with E-state index in [1.54, 1.807) is 0 Å². The highest BCUT2D eigenvalue weighted by Gasteiger charge is 2.11. The van der Waals surface area contributed by atoms with Gasteiger partial charge < -0.3 is 15.7 Å². The molecule has 0 fully saturated rings. The smallest absolute Gasteiger partial charge is 0.277 e. The van der Waals surface area contributed by atoms with Crippen molar-refractivity contribution in [3.63, 3.8) is 0 Å². The maximum Gasteiger partial charge on any atom is 0.277 e. The maximum atomic E-state index is 13.8. The van der Waals surface area contributed by atoms with Gasteiger partial charge in [-0.2, -0.15) is 17.9 Å². The molecule has 0 aliphatic carbocycles. The summed E-state index contributed by atoms with van der Waals surface area (Å²) < 4.78 is 46.0. The van der Waals surface area contributed by atoms with E-state index in [-0.39, 0.29) is 36.7 Å². The third-order valence-electron chi connectivity index (χ3n) is 2.51. The van der Waals surface area contributed by atoms with E-state index in [1.807, 2.05) is 0 Å². The summed E-state index contributed by atoms with van der Waals surface area (Å²) in [6.07, 6.45) is 0. The second-order valence-electron chi connectivity index (χ2n) is 4.00. The molecule has 0 unspecified atom stereocenters. The standard InChI is InChI=1S/C11H17FN4O4S/c1-20-5-4-14-21(18,19)15-7-9-3-2-8(6-10(9)12)11(13)16-17/h2-3,6,14-15,17H,4-5,7H2,1H3,(H2,13,16). The Balaban J connectivity index is 2.68. The van der Waals surface area contributed by atoms with Gasteiger partial charge in [-0.25, -0.2) is 4.39 Å². The molecule has 1 aromatic rings. The second-order valence-corrected chi connectivity index (χ2v) is 5.59. The summed E-state index contributed by atoms with van der Waals surface area (Å²) in [5.41, 5.74) is 5.65. The summed E-state index contributed by atoms with van der Waals surface area (Å²) in [7, 11) is -2.29. The van der Waals surface area contributed by atoms with Crippen molar-refractivity contribution >= 4 is 16.0 Å². The van der Waals surface area contributed by atoms with Gasteiger partial charge in [0.25, 0.3) is 10.2 Å². The molecule has 118 valence electrons. The van der Waals surface area contributed by atoms with E-state index in [9.17, 15) is 12.8 Å². The van der Waals surface area contributed by atoms with Crippen LogP contribution in [0, 0.1) is 5.82 Å². The van der Waals surface area contributed by atoms with Crippen molar-refractivity contribution < 1.29 is 22.8 Å². The van der Waals surface area contributed by atoms with Crippen molar-refractivity contribution in [2.45, 2.75) is 6.54 Å². The van der Waals surface area contributed by atoms with E-state index in [2.05, 4.69) is 14.6 Å². The fraction of sp³-hybridized carbons (Fsp3) is 0.364. The van der Waals surface area contributed by atoms with Crippen molar-refractivity contribution in [1.29, 1.82) is 0 Å². The lowest BCUT2D eigenvalue weighted by atomic mass is 10.1. The number of hydrogen-bond donors (Lipinski definition) is 4. The molecule has 0 aliphatic rings. The molecule has 21 heavy (non-hydrogen) atoms. The summed E-state index contributed by atoms with van der Waals surface area (Å²) >= 11 is 0. The monoisotopic (exact) mass is 320 g/mol. The number of nitrogens with one attached hydrogen (secondary N) is 2. The fourth-order valence-corrected chi connectivity index (χ4v) is 2.21. The zero-order valence-corrected chi connectivity index (χ0v) is 12.2. The molecule has 0 bridgehead atoms. The minimum absolute atomic E-state index is 0.108. The van der Waals surface area contributed by atoms with Crippen LogP contribution in [0.15, 0.2) is 23.4 Å². The van der Waals surface area contributed by atoms with E-state index in [1.165, 1.54) is 19.2 Å². The van der Waals surface area contributed by atoms with Crippen molar-refractivity contribution in [3.05, 3.63) is 35.1 Å². The van der Waals surface area contributed by atoms with E-state index in [0.717, 1.165) is 6.07 Å². The van der Waals surface area contributed by atoms with Crippen LogP contribution in [0.2, 0.25) is 0 Å². The van der Waals surface area contributed by atoms with Gasteiger partial charge in [-0.1, -0.05) is 17.3 Å². The van der Waals surface area contributed by atoms with E-state index < -0.39 is 16.0 Å². The first kappa shape index (κ1) is 17.3. The normalized spacial score (nSPS) is 12.6. The van der Waals surface area contributed by atoms with Gasteiger partial charge in [-0.15, -0.1) is 0 Å². The number of benzene rings is 1. The number of nitrogens with zero attached hydrogens (tertiary/aromatic N) is 1. The van der Waals surface area contributed by atoms with Crippen molar-refractivity contribution in [3.8, 4) is 0 Å². The van der Waals surface area contributed by atoms with Crippen LogP contribution in [0.3, 0.4) is 0 Å². The Morgan fingerprint density at radius 3 is 2.76 bits per heavy atom. The highest BCUT2D eigenvalue weighted by Crippen LogP contribution is 2.10. The first-order chi connectivity index (χ1) is 9.89. The van der Waals surface area contributed by atoms with Crippen LogP contribution in [0.25, 0.3) is 0 Å². The zero-order valence-electron chi connectivity index (χ0n) is 11.3. The molecular weight excluding hydrogens is 303 g/mol. The Morgan fingerprint density at radius 1 is 1.48 bits per heavy atom. The van der Waals surface area contributed by atoms with Gasteiger partial charge >= 0.3 is 0 Å². The summed E-state index contributed by atoms with van der Waals surface area (Å²) in [5, 5.41) is 11.2. The minimum Gasteiger partial charge on any atom is -0.409 e. The third kappa shape index (κ3) is 5.63. The Labute approximate surface area is 122 Å². The summed E-state index contributed by atoms with van der Waals surface area (Å²) in [4.78, 5) is 0. The van der Waals surface area contributed by atoms with E-state index in [0.29, 0.717) is 0 Å². The molecule has 0 aromatic heterocycles. The molecule has 0 aliphatic heterocycles. The van der Waals surface area contributed by atoms with Crippen LogP contribution in [0.4, 0.5) is 4.39 Å². The lowest BCUT2D eigenvalue weighted by Gasteiger charge is -2.09. The molecule has 0 radical (unpaired) electrons. The number of amidine groups is 1. The topological polar surface area (TPSA) is 126 Å². The van der Waals surface area contributed by atoms with Crippen LogP contribution in [0.5, 0.6) is 0 Å². The Kier molecular flexibility index (Phi) is 6.49. The average Bonchev–Trinajstić information content (AvgIpc) is 2.45. The molecule has 0 amide bonds. The number of nitrogens with two attached hydrogens (primary N) is 1. The van der Waals surface area contributed by atoms with Gasteiger partial charge in [-0.05, 0) is 6.07 Å². The largest absolute Gasteiger partial charge is 0.409 e. The predicted molar refractivity (Wildman–Crippen MR) is 74.5 cm³/mol. The molecule has 5 N–H and O–H groups in total.